The molecule has 4 aromatic carbocycles. The summed E-state index contributed by atoms with van der Waals surface area (Å²) in [5, 5.41) is 4.71. The minimum atomic E-state index is -3.23. The van der Waals surface area contributed by atoms with Crippen LogP contribution >= 0.6 is 7.29 Å². The average Bonchev–Trinajstić information content (AvgIpc) is 2.84. The summed E-state index contributed by atoms with van der Waals surface area (Å²) in [4.78, 5) is 0. The van der Waals surface area contributed by atoms with E-state index in [4.69, 9.17) is 0 Å². The first kappa shape index (κ1) is 20.8. The Hall–Kier alpha value is -3.44. The molecule has 2 nitrogen and oxygen atoms in total. The summed E-state index contributed by atoms with van der Waals surface area (Å²) in [7, 11) is -3.23. The molecule has 152 valence electrons. The van der Waals surface area contributed by atoms with E-state index in [1.807, 2.05) is 91.0 Å². The zero-order valence-electron chi connectivity index (χ0n) is 16.8. The minimum absolute atomic E-state index is 0.326. The molecule has 0 aliphatic carbocycles. The molecule has 0 aliphatic rings. The lowest BCUT2D eigenvalue weighted by atomic mass is 10.1. The fraction of sp³-hybridized carbons (Fsp3) is 0.0370. The Balaban J connectivity index is 1.80. The van der Waals surface area contributed by atoms with Gasteiger partial charge in [-0.05, 0) is 54.1 Å². The van der Waals surface area contributed by atoms with Crippen molar-refractivity contribution in [2.75, 3.05) is 0 Å². The number of benzene rings is 4. The topological polar surface area (TPSA) is 29.1 Å². The molecule has 1 unspecified atom stereocenters. The van der Waals surface area contributed by atoms with Gasteiger partial charge in [-0.1, -0.05) is 78.6 Å². The first-order valence-electron chi connectivity index (χ1n) is 9.96. The Bertz CT molecular complexity index is 1190. The predicted molar refractivity (Wildman–Crippen MR) is 125 cm³/mol. The second-order valence-electron chi connectivity index (χ2n) is 7.03. The van der Waals surface area contributed by atoms with E-state index in [-0.39, 0.29) is 5.82 Å². The molecule has 0 fully saturated rings. The Morgan fingerprint density at radius 2 is 1.16 bits per heavy atom. The molecular weight excluding hydrogens is 404 g/mol. The second kappa shape index (κ2) is 9.58. The summed E-state index contributed by atoms with van der Waals surface area (Å²) in [5.74, 6) is 6.04. The lowest BCUT2D eigenvalue weighted by Gasteiger charge is -2.24. The van der Waals surface area contributed by atoms with Crippen molar-refractivity contribution in [1.29, 1.82) is 0 Å². The van der Waals surface area contributed by atoms with Crippen LogP contribution < -0.4 is 15.7 Å². The van der Waals surface area contributed by atoms with Crippen molar-refractivity contribution in [3.8, 4) is 11.8 Å². The Morgan fingerprint density at radius 1 is 0.677 bits per heavy atom. The van der Waals surface area contributed by atoms with E-state index in [0.29, 0.717) is 10.6 Å². The molecule has 0 amide bonds. The molecule has 31 heavy (non-hydrogen) atoms. The van der Waals surface area contributed by atoms with Crippen LogP contribution in [-0.4, -0.2) is 0 Å². The van der Waals surface area contributed by atoms with Gasteiger partial charge < -0.3 is 0 Å². The summed E-state index contributed by atoms with van der Waals surface area (Å²) in [6.45, 7) is 0. The highest BCUT2D eigenvalue weighted by atomic mass is 31.2. The molecule has 0 radical (unpaired) electrons. The molecule has 4 rings (SSSR count). The normalized spacial score (nSPS) is 11.9. The SMILES string of the molecule is O=P(NC(C#Cc1ccccc1)c1ccc(F)cc1)(c1ccccc1)c1ccccc1. The molecule has 1 N–H and O–H groups in total. The molecule has 0 heterocycles. The van der Waals surface area contributed by atoms with Gasteiger partial charge in [-0.3, -0.25) is 4.57 Å². The number of nitrogens with one attached hydrogen (secondary N) is 1. The van der Waals surface area contributed by atoms with E-state index < -0.39 is 13.3 Å². The van der Waals surface area contributed by atoms with Gasteiger partial charge in [-0.25, -0.2) is 9.48 Å². The Kier molecular flexibility index (Phi) is 6.43. The maximum Gasteiger partial charge on any atom is 0.205 e. The van der Waals surface area contributed by atoms with Crippen LogP contribution in [0, 0.1) is 17.7 Å². The lowest BCUT2D eigenvalue weighted by molar-refractivity contribution is 0.574. The van der Waals surface area contributed by atoms with Gasteiger partial charge in [-0.15, -0.1) is 0 Å². The van der Waals surface area contributed by atoms with Gasteiger partial charge in [-0.2, -0.15) is 0 Å². The zero-order chi connectivity index (χ0) is 21.5. The van der Waals surface area contributed by atoms with Crippen LogP contribution in [0.2, 0.25) is 0 Å². The van der Waals surface area contributed by atoms with E-state index in [2.05, 4.69) is 16.9 Å². The molecule has 4 heteroatoms. The van der Waals surface area contributed by atoms with Crippen LogP contribution in [0.25, 0.3) is 0 Å². The largest absolute Gasteiger partial charge is 0.296 e. The summed E-state index contributed by atoms with van der Waals surface area (Å²) >= 11 is 0. The van der Waals surface area contributed by atoms with Crippen LogP contribution in [0.1, 0.15) is 17.2 Å². The van der Waals surface area contributed by atoms with Crippen LogP contribution in [-0.2, 0) is 4.57 Å². The Labute approximate surface area is 182 Å². The highest BCUT2D eigenvalue weighted by Crippen LogP contribution is 2.41. The highest BCUT2D eigenvalue weighted by Gasteiger charge is 2.30. The van der Waals surface area contributed by atoms with Gasteiger partial charge in [0.25, 0.3) is 0 Å². The average molecular weight is 425 g/mol. The molecule has 1 atom stereocenters. The van der Waals surface area contributed by atoms with Crippen molar-refractivity contribution in [2.24, 2.45) is 0 Å². The number of hydrogen-bond donors (Lipinski definition) is 1. The monoisotopic (exact) mass is 425 g/mol. The summed E-state index contributed by atoms with van der Waals surface area (Å²) in [5.41, 5.74) is 1.60. The van der Waals surface area contributed by atoms with E-state index in [0.717, 1.165) is 11.1 Å². The van der Waals surface area contributed by atoms with E-state index >= 15 is 0 Å². The van der Waals surface area contributed by atoms with E-state index in [1.54, 1.807) is 12.1 Å². The van der Waals surface area contributed by atoms with Crippen LogP contribution in [0.15, 0.2) is 115 Å². The summed E-state index contributed by atoms with van der Waals surface area (Å²) < 4.78 is 28.0. The summed E-state index contributed by atoms with van der Waals surface area (Å²) in [6.07, 6.45) is 0. The van der Waals surface area contributed by atoms with Crippen molar-refractivity contribution in [1.82, 2.24) is 5.09 Å². The van der Waals surface area contributed by atoms with Crippen molar-refractivity contribution < 1.29 is 8.96 Å². The van der Waals surface area contributed by atoms with Crippen molar-refractivity contribution in [3.05, 3.63) is 132 Å². The van der Waals surface area contributed by atoms with Crippen molar-refractivity contribution >= 4 is 17.9 Å². The fourth-order valence-corrected chi connectivity index (χ4v) is 5.64. The first-order valence-corrected chi connectivity index (χ1v) is 11.7. The smallest absolute Gasteiger partial charge is 0.205 e. The maximum atomic E-state index is 14.4. The van der Waals surface area contributed by atoms with Crippen molar-refractivity contribution in [3.63, 3.8) is 0 Å². The van der Waals surface area contributed by atoms with E-state index in [1.165, 1.54) is 12.1 Å². The molecule has 0 aliphatic heterocycles. The van der Waals surface area contributed by atoms with Gasteiger partial charge in [0.15, 0.2) is 0 Å². The molecule has 0 saturated heterocycles. The van der Waals surface area contributed by atoms with Crippen LogP contribution in [0.5, 0.6) is 0 Å². The van der Waals surface area contributed by atoms with Gasteiger partial charge in [0.05, 0.1) is 0 Å². The van der Waals surface area contributed by atoms with E-state index in [9.17, 15) is 8.96 Å². The maximum absolute atomic E-state index is 14.4. The quantitative estimate of drug-likeness (QED) is 0.341. The third-order valence-corrected chi connectivity index (χ3v) is 7.56. The fourth-order valence-electron chi connectivity index (χ4n) is 3.28. The third kappa shape index (κ3) is 5.01. The molecule has 0 aromatic heterocycles. The van der Waals surface area contributed by atoms with Gasteiger partial charge in [0.2, 0.25) is 7.29 Å². The highest BCUT2D eigenvalue weighted by molar-refractivity contribution is 7.76. The molecular formula is C27H21FNOP. The number of rotatable bonds is 5. The van der Waals surface area contributed by atoms with Crippen LogP contribution in [0.3, 0.4) is 0 Å². The van der Waals surface area contributed by atoms with Gasteiger partial charge in [0, 0.05) is 16.2 Å². The summed E-state index contributed by atoms with van der Waals surface area (Å²) in [6, 6.07) is 33.9. The zero-order valence-corrected chi connectivity index (χ0v) is 17.7. The predicted octanol–water partition coefficient (Wildman–Crippen LogP) is 5.44. The Morgan fingerprint density at radius 3 is 1.68 bits per heavy atom. The number of hydrogen-bond acceptors (Lipinski definition) is 1. The second-order valence-corrected chi connectivity index (χ2v) is 9.54. The van der Waals surface area contributed by atoms with Crippen LogP contribution in [0.4, 0.5) is 4.39 Å². The van der Waals surface area contributed by atoms with Crippen molar-refractivity contribution in [2.45, 2.75) is 6.04 Å². The third-order valence-electron chi connectivity index (χ3n) is 4.89. The van der Waals surface area contributed by atoms with Gasteiger partial charge >= 0.3 is 0 Å². The minimum Gasteiger partial charge on any atom is -0.296 e. The molecule has 4 aromatic rings. The van der Waals surface area contributed by atoms with Gasteiger partial charge in [0.1, 0.15) is 11.9 Å². The molecule has 0 spiro atoms. The number of halogens is 1. The first-order chi connectivity index (χ1) is 15.1. The molecule has 0 bridgehead atoms. The standard InChI is InChI=1S/C27H21FNOP/c28-24-19-17-23(18-20-24)27(21-16-22-10-4-1-5-11-22)29-31(30,25-12-6-2-7-13-25)26-14-8-3-9-15-26/h1-15,17-20,27H,(H,29,30). The molecule has 0 saturated carbocycles. The lowest BCUT2D eigenvalue weighted by Crippen LogP contribution is -2.30.